The van der Waals surface area contributed by atoms with Crippen LogP contribution >= 0.6 is 45.9 Å². The molecular weight excluding hydrogens is 884 g/mol. The van der Waals surface area contributed by atoms with E-state index in [1.54, 1.807) is 64.0 Å². The number of carbonyl (C=O) groups is 1. The molecule has 0 saturated heterocycles. The van der Waals surface area contributed by atoms with E-state index in [4.69, 9.17) is 27.9 Å². The fourth-order valence-corrected chi connectivity index (χ4v) is 9.85. The SMILES string of the molecule is COC(=O)c1cc(-c2ccc(-c3cccc(S(C)(=O)=O)c3)s2)n(-c2ccccc2Cl)n1.CS(=O)(=O)c1cccc(-c2ccc(-c3cc(CO)nn3-c3ccccc3Cl)s2)c1. The summed E-state index contributed by atoms with van der Waals surface area (Å²) in [6.45, 7) is -0.181. The van der Waals surface area contributed by atoms with Gasteiger partial charge in [-0.15, -0.1) is 22.7 Å². The number of methoxy groups -OCH3 is 1. The molecule has 0 aliphatic rings. The molecule has 0 bridgehead atoms. The lowest BCUT2D eigenvalue weighted by molar-refractivity contribution is 0.0593. The van der Waals surface area contributed by atoms with Crippen LogP contribution < -0.4 is 0 Å². The maximum atomic E-state index is 12.1. The van der Waals surface area contributed by atoms with E-state index >= 15 is 0 Å². The van der Waals surface area contributed by atoms with Crippen LogP contribution in [0.1, 0.15) is 16.2 Å². The first-order chi connectivity index (χ1) is 28.6. The molecule has 8 aromatic rings. The second-order valence-electron chi connectivity index (χ2n) is 13.2. The summed E-state index contributed by atoms with van der Waals surface area (Å²) in [7, 11) is -5.29. The normalized spacial score (nSPS) is 11.6. The molecule has 0 spiro atoms. The standard InChI is InChI=1S/C22H17ClN2O4S2.C21H17ClN2O3S2/c1-29-22(26)17-13-19(25(24-17)18-9-4-3-8-16(18)23)21-11-10-20(30-21)14-6-5-7-15(12-14)31(2,27)28;1-29(26,27)16-6-4-5-14(11-16)20-9-10-21(28-20)19-12-15(13-25)23-24(19)18-8-3-2-7-17(18)22/h3-13H,1-2H3;2-12,25H,13H2,1H3. The van der Waals surface area contributed by atoms with Crippen molar-refractivity contribution in [3.63, 3.8) is 0 Å². The van der Waals surface area contributed by atoms with Gasteiger partial charge in [0.05, 0.1) is 71.8 Å². The number of hydrogen-bond acceptors (Lipinski definition) is 11. The van der Waals surface area contributed by atoms with Crippen LogP contribution in [0.25, 0.3) is 53.4 Å². The van der Waals surface area contributed by atoms with Crippen LogP contribution in [0.2, 0.25) is 10.0 Å². The summed E-state index contributed by atoms with van der Waals surface area (Å²) in [4.78, 5) is 16.2. The number of aliphatic hydroxyl groups excluding tert-OH is 1. The maximum absolute atomic E-state index is 12.1. The van der Waals surface area contributed by atoms with Crippen LogP contribution in [0, 0.1) is 0 Å². The van der Waals surface area contributed by atoms with Gasteiger partial charge in [-0.1, -0.05) is 71.7 Å². The zero-order valence-electron chi connectivity index (χ0n) is 32.0. The third-order valence-corrected chi connectivity index (χ3v) is 14.2. The molecule has 60 heavy (non-hydrogen) atoms. The van der Waals surface area contributed by atoms with Crippen molar-refractivity contribution in [1.29, 1.82) is 0 Å². The number of halogens is 2. The zero-order valence-corrected chi connectivity index (χ0v) is 36.8. The molecule has 4 aromatic heterocycles. The number of rotatable bonds is 10. The molecule has 1 N–H and O–H groups in total. The molecule has 0 amide bonds. The second kappa shape index (κ2) is 17.7. The molecule has 0 unspecified atom stereocenters. The van der Waals surface area contributed by atoms with E-state index in [2.05, 4.69) is 10.2 Å². The van der Waals surface area contributed by atoms with E-state index in [9.17, 15) is 26.7 Å². The van der Waals surface area contributed by atoms with Gasteiger partial charge < -0.3 is 9.84 Å². The van der Waals surface area contributed by atoms with E-state index in [-0.39, 0.29) is 22.1 Å². The lowest BCUT2D eigenvalue weighted by atomic mass is 10.2. The fraction of sp³-hybridized carbons (Fsp3) is 0.0930. The number of nitrogens with zero attached hydrogens (tertiary/aromatic N) is 4. The third kappa shape index (κ3) is 9.32. The largest absolute Gasteiger partial charge is 0.464 e. The lowest BCUT2D eigenvalue weighted by Crippen LogP contribution is -2.04. The first-order valence-electron chi connectivity index (χ1n) is 17.8. The Kier molecular flexibility index (Phi) is 12.6. The number of para-hydroxylation sites is 2. The molecule has 0 fully saturated rings. The van der Waals surface area contributed by atoms with Crippen LogP contribution in [0.3, 0.4) is 0 Å². The molecule has 306 valence electrons. The summed E-state index contributed by atoms with van der Waals surface area (Å²) in [5.41, 5.74) is 5.13. The number of benzene rings is 4. The van der Waals surface area contributed by atoms with Crippen molar-refractivity contribution < 1.29 is 31.5 Å². The van der Waals surface area contributed by atoms with Gasteiger partial charge in [-0.25, -0.2) is 31.0 Å². The fourth-order valence-electron chi connectivity index (χ4n) is 6.08. The van der Waals surface area contributed by atoms with Crippen molar-refractivity contribution in [2.24, 2.45) is 0 Å². The Bertz CT molecular complexity index is 3100. The van der Waals surface area contributed by atoms with E-state index < -0.39 is 25.6 Å². The van der Waals surface area contributed by atoms with Crippen molar-refractivity contribution in [3.8, 4) is 53.4 Å². The van der Waals surface area contributed by atoms with Crippen LogP contribution in [-0.2, 0) is 31.0 Å². The van der Waals surface area contributed by atoms with Gasteiger partial charge in [-0.05, 0) is 90.0 Å². The van der Waals surface area contributed by atoms with Gasteiger partial charge in [0.1, 0.15) is 0 Å². The zero-order chi connectivity index (χ0) is 42.8. The van der Waals surface area contributed by atoms with Gasteiger partial charge in [0.25, 0.3) is 0 Å². The Morgan fingerprint density at radius 1 is 0.617 bits per heavy atom. The van der Waals surface area contributed by atoms with Crippen molar-refractivity contribution in [2.75, 3.05) is 19.6 Å². The monoisotopic (exact) mass is 916 g/mol. The van der Waals surface area contributed by atoms with E-state index in [1.807, 2.05) is 78.9 Å². The van der Waals surface area contributed by atoms with Crippen LogP contribution in [0.5, 0.6) is 0 Å². The summed E-state index contributed by atoms with van der Waals surface area (Å²) in [6, 6.07) is 39.5. The van der Waals surface area contributed by atoms with Crippen molar-refractivity contribution in [1.82, 2.24) is 19.6 Å². The molecule has 17 heteroatoms. The molecular formula is C43H34Cl2N4O7S4. The second-order valence-corrected chi connectivity index (χ2v) is 20.3. The van der Waals surface area contributed by atoms with Crippen LogP contribution in [0.15, 0.2) is 143 Å². The maximum Gasteiger partial charge on any atom is 0.358 e. The summed E-state index contributed by atoms with van der Waals surface area (Å²) in [6.07, 6.45) is 2.38. The predicted molar refractivity (Wildman–Crippen MR) is 238 cm³/mol. The van der Waals surface area contributed by atoms with Crippen molar-refractivity contribution >= 4 is 71.5 Å². The summed E-state index contributed by atoms with van der Waals surface area (Å²) in [5, 5.41) is 19.5. The van der Waals surface area contributed by atoms with Gasteiger partial charge in [0.15, 0.2) is 25.4 Å². The molecule has 8 rings (SSSR count). The number of thiophene rings is 2. The number of carbonyl (C=O) groups excluding carboxylic acids is 1. The predicted octanol–water partition coefficient (Wildman–Crippen LogP) is 9.93. The van der Waals surface area contributed by atoms with Crippen molar-refractivity contribution in [3.05, 3.63) is 155 Å². The highest BCUT2D eigenvalue weighted by atomic mass is 35.5. The number of esters is 1. The van der Waals surface area contributed by atoms with Crippen molar-refractivity contribution in [2.45, 2.75) is 16.4 Å². The smallest absolute Gasteiger partial charge is 0.358 e. The van der Waals surface area contributed by atoms with E-state index in [0.29, 0.717) is 27.1 Å². The van der Waals surface area contributed by atoms with E-state index in [1.165, 1.54) is 42.3 Å². The Balaban J connectivity index is 0.000000182. The quantitative estimate of drug-likeness (QED) is 0.132. The van der Waals surface area contributed by atoms with Crippen LogP contribution in [-0.4, -0.2) is 67.1 Å². The topological polar surface area (TPSA) is 150 Å². The first kappa shape index (κ1) is 42.7. The lowest BCUT2D eigenvalue weighted by Gasteiger charge is -2.08. The average Bonchev–Trinajstić information content (AvgIpc) is 4.07. The molecule has 4 heterocycles. The third-order valence-electron chi connectivity index (χ3n) is 9.00. The molecule has 0 aliphatic heterocycles. The van der Waals surface area contributed by atoms with Crippen LogP contribution in [0.4, 0.5) is 0 Å². The molecule has 0 aliphatic carbocycles. The van der Waals surface area contributed by atoms with Gasteiger partial charge in [-0.2, -0.15) is 10.2 Å². The molecule has 0 saturated carbocycles. The highest BCUT2D eigenvalue weighted by molar-refractivity contribution is 7.91. The summed E-state index contributed by atoms with van der Waals surface area (Å²) >= 11 is 15.7. The van der Waals surface area contributed by atoms with Gasteiger partial charge >= 0.3 is 5.97 Å². The Morgan fingerprint density at radius 2 is 1.07 bits per heavy atom. The van der Waals surface area contributed by atoms with Gasteiger partial charge in [-0.3, -0.25) is 0 Å². The number of ether oxygens (including phenoxy) is 1. The Morgan fingerprint density at radius 3 is 1.52 bits per heavy atom. The average molecular weight is 918 g/mol. The number of sulfone groups is 2. The Hall–Kier alpha value is -5.39. The van der Waals surface area contributed by atoms with Gasteiger partial charge in [0.2, 0.25) is 0 Å². The highest BCUT2D eigenvalue weighted by Gasteiger charge is 2.21. The molecule has 11 nitrogen and oxygen atoms in total. The molecule has 0 atom stereocenters. The first-order valence-corrected chi connectivity index (χ1v) is 24.0. The number of aromatic nitrogens is 4. The number of aliphatic hydroxyl groups is 1. The number of hydrogen-bond donors (Lipinski definition) is 1. The molecule has 0 radical (unpaired) electrons. The minimum Gasteiger partial charge on any atom is -0.464 e. The highest BCUT2D eigenvalue weighted by Crippen LogP contribution is 2.39. The minimum absolute atomic E-state index is 0.159. The summed E-state index contributed by atoms with van der Waals surface area (Å²) in [5.74, 6) is -0.551. The summed E-state index contributed by atoms with van der Waals surface area (Å²) < 4.78 is 55.7. The minimum atomic E-state index is -3.31. The van der Waals surface area contributed by atoms with E-state index in [0.717, 1.165) is 42.0 Å². The Labute approximate surface area is 364 Å². The van der Waals surface area contributed by atoms with Gasteiger partial charge in [0, 0.05) is 28.3 Å². The molecule has 4 aromatic carbocycles.